The van der Waals surface area contributed by atoms with Crippen LogP contribution in [-0.2, 0) is 25.8 Å². The van der Waals surface area contributed by atoms with Crippen molar-refractivity contribution in [1.29, 1.82) is 0 Å². The van der Waals surface area contributed by atoms with Crippen molar-refractivity contribution >= 4 is 17.6 Å². The van der Waals surface area contributed by atoms with Crippen LogP contribution in [0.2, 0.25) is 0 Å². The Kier molecular flexibility index (Phi) is 14.4. The number of nitrogens with one attached hydrogen (secondary N) is 1. The molecule has 13 nitrogen and oxygen atoms in total. The molecule has 0 aliphatic carbocycles. The molecule has 1 saturated heterocycles. The van der Waals surface area contributed by atoms with Gasteiger partial charge >= 0.3 is 11.9 Å². The zero-order chi connectivity index (χ0) is 27.0. The van der Waals surface area contributed by atoms with Crippen LogP contribution in [0.4, 0.5) is 5.69 Å². The van der Waals surface area contributed by atoms with Crippen molar-refractivity contribution in [3.63, 3.8) is 0 Å². The Balaban J connectivity index is 2.34. The first-order valence-corrected chi connectivity index (χ1v) is 12.5. The number of carbonyl (C=O) groups is 2. The van der Waals surface area contributed by atoms with Gasteiger partial charge < -0.3 is 15.5 Å². The first-order chi connectivity index (χ1) is 17.8. The van der Waals surface area contributed by atoms with E-state index < -0.39 is 11.9 Å². The van der Waals surface area contributed by atoms with E-state index in [1.165, 1.54) is 0 Å². The van der Waals surface area contributed by atoms with Gasteiger partial charge in [-0.05, 0) is 24.1 Å². The van der Waals surface area contributed by atoms with Gasteiger partial charge in [0, 0.05) is 77.7 Å². The second-order valence-corrected chi connectivity index (χ2v) is 9.15. The lowest BCUT2D eigenvalue weighted by atomic mass is 10.0. The Bertz CT molecular complexity index is 800. The van der Waals surface area contributed by atoms with E-state index >= 15 is 0 Å². The molecule has 210 valence electrons. The molecule has 1 atom stereocenters. The van der Waals surface area contributed by atoms with Crippen molar-refractivity contribution < 1.29 is 40.1 Å². The van der Waals surface area contributed by atoms with E-state index in [-0.39, 0.29) is 32.3 Å². The fourth-order valence-electron chi connectivity index (χ4n) is 4.52. The predicted molar refractivity (Wildman–Crippen MR) is 137 cm³/mol. The molecule has 0 radical (unpaired) electrons. The van der Waals surface area contributed by atoms with E-state index in [0.29, 0.717) is 65.3 Å². The number of carboxylic acids is 2. The van der Waals surface area contributed by atoms with Gasteiger partial charge in [-0.15, -0.1) is 0 Å². The molecule has 5 N–H and O–H groups in total. The minimum absolute atomic E-state index is 0.117. The number of nitrogens with zero attached hydrogens (tertiary/aromatic N) is 4. The second-order valence-electron chi connectivity index (χ2n) is 9.15. The molecule has 1 heterocycles. The number of aliphatic carboxylic acids is 2. The zero-order valence-electron chi connectivity index (χ0n) is 21.5. The van der Waals surface area contributed by atoms with Crippen LogP contribution >= 0.6 is 0 Å². The molecule has 2 rings (SSSR count). The van der Waals surface area contributed by atoms with Crippen molar-refractivity contribution in [1.82, 2.24) is 19.6 Å². The van der Waals surface area contributed by atoms with E-state index in [9.17, 15) is 19.8 Å². The fourth-order valence-corrected chi connectivity index (χ4v) is 4.52. The largest absolute Gasteiger partial charge is 0.480 e. The molecule has 1 unspecified atom stereocenters. The normalized spacial score (nSPS) is 19.7. The van der Waals surface area contributed by atoms with Gasteiger partial charge in [-0.3, -0.25) is 39.7 Å². The van der Waals surface area contributed by atoms with Gasteiger partial charge in [-0.2, -0.15) is 0 Å². The molecule has 0 saturated carbocycles. The van der Waals surface area contributed by atoms with Crippen molar-refractivity contribution in [2.75, 3.05) is 97.6 Å². The maximum atomic E-state index is 11.8. The first-order valence-electron chi connectivity index (χ1n) is 12.5. The Morgan fingerprint density at radius 2 is 1.35 bits per heavy atom. The lowest BCUT2D eigenvalue weighted by Gasteiger charge is -2.38. The molecule has 0 aromatic heterocycles. The number of hydrogen-bond donors (Lipinski definition) is 5. The lowest BCUT2D eigenvalue weighted by Crippen LogP contribution is -2.53. The van der Waals surface area contributed by atoms with E-state index in [0.717, 1.165) is 11.3 Å². The standard InChI is InChI=1S/C24H41N5O8/c1-25-21-4-2-20(3-5-21)16-22-17-28(18-23(30)31)9-8-26(12-14-36-34)6-7-27(13-15-37-35)10-11-29(22)19-24(32)33/h2-5,22,25,34-35H,6-19H2,1H3,(H,30,31)(H,32,33). The van der Waals surface area contributed by atoms with Gasteiger partial charge in [0.25, 0.3) is 0 Å². The maximum absolute atomic E-state index is 11.8. The highest BCUT2D eigenvalue weighted by Crippen LogP contribution is 2.15. The van der Waals surface area contributed by atoms with E-state index in [4.69, 9.17) is 10.5 Å². The fraction of sp³-hybridized carbons (Fsp3) is 0.667. The summed E-state index contributed by atoms with van der Waals surface area (Å²) in [5, 5.41) is 40.0. The third-order valence-electron chi connectivity index (χ3n) is 6.56. The monoisotopic (exact) mass is 527 g/mol. The molecule has 0 amide bonds. The van der Waals surface area contributed by atoms with Crippen LogP contribution in [0.1, 0.15) is 5.56 Å². The molecule has 0 spiro atoms. The lowest BCUT2D eigenvalue weighted by molar-refractivity contribution is -0.245. The van der Waals surface area contributed by atoms with Crippen molar-refractivity contribution in [2.45, 2.75) is 12.5 Å². The highest BCUT2D eigenvalue weighted by Gasteiger charge is 2.26. The molecule has 1 aliphatic heterocycles. The van der Waals surface area contributed by atoms with Crippen LogP contribution in [0.25, 0.3) is 0 Å². The average Bonchev–Trinajstić information content (AvgIpc) is 2.87. The molecule has 1 fully saturated rings. The van der Waals surface area contributed by atoms with Crippen molar-refractivity contribution in [2.24, 2.45) is 0 Å². The molecule has 37 heavy (non-hydrogen) atoms. The Morgan fingerprint density at radius 3 is 1.84 bits per heavy atom. The predicted octanol–water partition coefficient (Wildman–Crippen LogP) is 0.00940. The van der Waals surface area contributed by atoms with Gasteiger partial charge in [0.15, 0.2) is 0 Å². The molecule has 1 aromatic rings. The Morgan fingerprint density at radius 1 is 0.838 bits per heavy atom. The molecular weight excluding hydrogens is 486 g/mol. The van der Waals surface area contributed by atoms with Crippen LogP contribution < -0.4 is 5.32 Å². The number of benzene rings is 1. The summed E-state index contributed by atoms with van der Waals surface area (Å²) in [5.41, 5.74) is 1.99. The third kappa shape index (κ3) is 12.2. The van der Waals surface area contributed by atoms with Crippen LogP contribution in [0.3, 0.4) is 0 Å². The quantitative estimate of drug-likeness (QED) is 0.173. The summed E-state index contributed by atoms with van der Waals surface area (Å²) in [6, 6.07) is 7.65. The average molecular weight is 528 g/mol. The molecule has 1 aromatic carbocycles. The SMILES string of the molecule is CNc1ccc(CC2CN(CC(=O)O)CCN(CCOO)CCN(CCOO)CCN2CC(=O)O)cc1. The van der Waals surface area contributed by atoms with E-state index in [1.807, 2.05) is 41.1 Å². The summed E-state index contributed by atoms with van der Waals surface area (Å²) in [6.07, 6.45) is 0.551. The van der Waals surface area contributed by atoms with Gasteiger partial charge in [0.1, 0.15) is 0 Å². The van der Waals surface area contributed by atoms with Gasteiger partial charge in [0.05, 0.1) is 26.3 Å². The zero-order valence-corrected chi connectivity index (χ0v) is 21.5. The number of hydrogen-bond acceptors (Lipinski definition) is 11. The summed E-state index contributed by atoms with van der Waals surface area (Å²) in [7, 11) is 1.84. The molecular formula is C24H41N5O8. The first kappa shape index (κ1) is 30.9. The topological polar surface area (TPSA) is 159 Å². The van der Waals surface area contributed by atoms with Crippen molar-refractivity contribution in [3.8, 4) is 0 Å². The van der Waals surface area contributed by atoms with Gasteiger partial charge in [-0.1, -0.05) is 12.1 Å². The number of carboxylic acid groups (broad SMARTS) is 2. The third-order valence-corrected chi connectivity index (χ3v) is 6.56. The Hall–Kier alpha value is -2.36. The van der Waals surface area contributed by atoms with E-state index in [2.05, 4.69) is 24.9 Å². The van der Waals surface area contributed by atoms with Gasteiger partial charge in [0.2, 0.25) is 0 Å². The van der Waals surface area contributed by atoms with Crippen molar-refractivity contribution in [3.05, 3.63) is 29.8 Å². The molecule has 0 bridgehead atoms. The van der Waals surface area contributed by atoms with Gasteiger partial charge in [-0.25, -0.2) is 9.78 Å². The van der Waals surface area contributed by atoms with Crippen LogP contribution in [0.15, 0.2) is 24.3 Å². The summed E-state index contributed by atoms with van der Waals surface area (Å²) >= 11 is 0. The number of rotatable bonds is 13. The maximum Gasteiger partial charge on any atom is 0.317 e. The molecule has 13 heteroatoms. The number of anilines is 1. The summed E-state index contributed by atoms with van der Waals surface area (Å²) < 4.78 is 0. The molecule has 1 aliphatic rings. The van der Waals surface area contributed by atoms with Crippen LogP contribution in [0, 0.1) is 0 Å². The minimum atomic E-state index is -0.951. The summed E-state index contributed by atoms with van der Waals surface area (Å²) in [6.45, 7) is 4.41. The van der Waals surface area contributed by atoms with Crippen LogP contribution in [0.5, 0.6) is 0 Å². The summed E-state index contributed by atoms with van der Waals surface area (Å²) in [4.78, 5) is 40.0. The highest BCUT2D eigenvalue weighted by molar-refractivity contribution is 5.69. The highest BCUT2D eigenvalue weighted by atomic mass is 17.1. The van der Waals surface area contributed by atoms with E-state index in [1.54, 1.807) is 0 Å². The Labute approximate surface area is 217 Å². The minimum Gasteiger partial charge on any atom is -0.480 e. The second kappa shape index (κ2) is 17.2. The van der Waals surface area contributed by atoms with Crippen LogP contribution in [-0.4, -0.2) is 151 Å². The summed E-state index contributed by atoms with van der Waals surface area (Å²) in [5.74, 6) is -1.90. The smallest absolute Gasteiger partial charge is 0.317 e.